The average molecular weight is 224 g/mol. The predicted molar refractivity (Wildman–Crippen MR) is 65.2 cm³/mol. The van der Waals surface area contributed by atoms with Crippen LogP contribution in [0.25, 0.3) is 0 Å². The zero-order valence-corrected chi connectivity index (χ0v) is 10.4. The van der Waals surface area contributed by atoms with Gasteiger partial charge in [0.05, 0.1) is 5.92 Å². The first-order valence-electron chi connectivity index (χ1n) is 6.80. The molecule has 2 rings (SSSR count). The normalized spacial score (nSPS) is 28.1. The molecule has 16 heavy (non-hydrogen) atoms. The van der Waals surface area contributed by atoms with Crippen molar-refractivity contribution >= 4 is 5.91 Å². The van der Waals surface area contributed by atoms with Crippen LogP contribution in [-0.4, -0.2) is 37.0 Å². The van der Waals surface area contributed by atoms with Gasteiger partial charge in [-0.25, -0.2) is 0 Å². The predicted octanol–water partition coefficient (Wildman–Crippen LogP) is 1.63. The van der Waals surface area contributed by atoms with Crippen LogP contribution < -0.4 is 5.32 Å². The van der Waals surface area contributed by atoms with Gasteiger partial charge in [-0.1, -0.05) is 13.3 Å². The standard InChI is InChI=1S/C13H24N2O/c1-2-11-5-8-15(9-6-11)13(16)12-4-3-7-14-10-12/h11-12,14H,2-10H2,1H3/t12-/m1/s1. The number of amides is 1. The molecule has 1 amide bonds. The molecule has 0 spiro atoms. The van der Waals surface area contributed by atoms with Crippen LogP contribution >= 0.6 is 0 Å². The van der Waals surface area contributed by atoms with Crippen LogP contribution in [0.4, 0.5) is 0 Å². The second-order valence-electron chi connectivity index (χ2n) is 5.22. The maximum Gasteiger partial charge on any atom is 0.226 e. The molecule has 3 heteroatoms. The SMILES string of the molecule is CCC1CCN(C(=O)[C@@H]2CCCNC2)CC1. The summed E-state index contributed by atoms with van der Waals surface area (Å²) in [5.41, 5.74) is 0. The summed E-state index contributed by atoms with van der Waals surface area (Å²) in [6.45, 7) is 6.23. The van der Waals surface area contributed by atoms with E-state index in [4.69, 9.17) is 0 Å². The lowest BCUT2D eigenvalue weighted by molar-refractivity contribution is -0.137. The lowest BCUT2D eigenvalue weighted by atomic mass is 9.92. The minimum Gasteiger partial charge on any atom is -0.342 e. The number of rotatable bonds is 2. The smallest absolute Gasteiger partial charge is 0.226 e. The van der Waals surface area contributed by atoms with E-state index in [0.717, 1.165) is 44.9 Å². The van der Waals surface area contributed by atoms with Crippen molar-refractivity contribution in [2.75, 3.05) is 26.2 Å². The highest BCUT2D eigenvalue weighted by molar-refractivity contribution is 5.79. The van der Waals surface area contributed by atoms with Gasteiger partial charge >= 0.3 is 0 Å². The summed E-state index contributed by atoms with van der Waals surface area (Å²) in [5.74, 6) is 1.52. The Morgan fingerprint density at radius 1 is 1.31 bits per heavy atom. The average Bonchev–Trinajstić information content (AvgIpc) is 2.39. The first-order chi connectivity index (χ1) is 7.81. The number of hydrogen-bond acceptors (Lipinski definition) is 2. The summed E-state index contributed by atoms with van der Waals surface area (Å²) in [5, 5.41) is 3.33. The van der Waals surface area contributed by atoms with Crippen molar-refractivity contribution < 1.29 is 4.79 Å². The fourth-order valence-corrected chi connectivity index (χ4v) is 2.88. The minimum absolute atomic E-state index is 0.256. The van der Waals surface area contributed by atoms with Gasteiger partial charge in [-0.3, -0.25) is 4.79 Å². The molecule has 2 saturated heterocycles. The number of carbonyl (C=O) groups excluding carboxylic acids is 1. The lowest BCUT2D eigenvalue weighted by Crippen LogP contribution is -2.46. The van der Waals surface area contributed by atoms with E-state index in [9.17, 15) is 4.79 Å². The third kappa shape index (κ3) is 2.76. The topological polar surface area (TPSA) is 32.3 Å². The number of carbonyl (C=O) groups is 1. The largest absolute Gasteiger partial charge is 0.342 e. The Bertz CT molecular complexity index is 228. The Morgan fingerprint density at radius 2 is 2.06 bits per heavy atom. The van der Waals surface area contributed by atoms with Crippen LogP contribution in [0.5, 0.6) is 0 Å². The lowest BCUT2D eigenvalue weighted by Gasteiger charge is -2.35. The molecule has 0 radical (unpaired) electrons. The van der Waals surface area contributed by atoms with Crippen LogP contribution in [0.1, 0.15) is 39.0 Å². The molecule has 2 aliphatic heterocycles. The zero-order valence-electron chi connectivity index (χ0n) is 10.4. The van der Waals surface area contributed by atoms with E-state index in [1.54, 1.807) is 0 Å². The van der Waals surface area contributed by atoms with Crippen molar-refractivity contribution in [3.05, 3.63) is 0 Å². The Kier molecular flexibility index (Phi) is 4.22. The van der Waals surface area contributed by atoms with E-state index in [0.29, 0.717) is 5.91 Å². The van der Waals surface area contributed by atoms with Crippen molar-refractivity contribution in [3.63, 3.8) is 0 Å². The van der Waals surface area contributed by atoms with Crippen LogP contribution in [0, 0.1) is 11.8 Å². The molecule has 2 fully saturated rings. The highest BCUT2D eigenvalue weighted by atomic mass is 16.2. The molecule has 0 aromatic rings. The first-order valence-corrected chi connectivity index (χ1v) is 6.80. The molecule has 1 atom stereocenters. The Balaban J connectivity index is 1.81. The molecule has 0 unspecified atom stereocenters. The van der Waals surface area contributed by atoms with Crippen molar-refractivity contribution in [2.24, 2.45) is 11.8 Å². The van der Waals surface area contributed by atoms with Gasteiger partial charge in [0, 0.05) is 19.6 Å². The van der Waals surface area contributed by atoms with Gasteiger partial charge in [0.25, 0.3) is 0 Å². The van der Waals surface area contributed by atoms with Gasteiger partial charge in [0.15, 0.2) is 0 Å². The Labute approximate surface area is 98.6 Å². The quantitative estimate of drug-likeness (QED) is 0.773. The molecule has 0 aliphatic carbocycles. The summed E-state index contributed by atoms with van der Waals surface area (Å²) in [7, 11) is 0. The second-order valence-corrected chi connectivity index (χ2v) is 5.22. The molecule has 0 aromatic carbocycles. The maximum atomic E-state index is 12.2. The zero-order chi connectivity index (χ0) is 11.4. The number of hydrogen-bond donors (Lipinski definition) is 1. The third-order valence-corrected chi connectivity index (χ3v) is 4.15. The molecule has 1 N–H and O–H groups in total. The first kappa shape index (κ1) is 11.9. The number of likely N-dealkylation sites (tertiary alicyclic amines) is 1. The molecule has 0 saturated carbocycles. The van der Waals surface area contributed by atoms with Crippen LogP contribution in [0.3, 0.4) is 0 Å². The monoisotopic (exact) mass is 224 g/mol. The summed E-state index contributed by atoms with van der Waals surface area (Å²) < 4.78 is 0. The van der Waals surface area contributed by atoms with Gasteiger partial charge in [0.1, 0.15) is 0 Å². The fraction of sp³-hybridized carbons (Fsp3) is 0.923. The molecule has 0 bridgehead atoms. The summed E-state index contributed by atoms with van der Waals surface area (Å²) >= 11 is 0. The fourth-order valence-electron chi connectivity index (χ4n) is 2.88. The van der Waals surface area contributed by atoms with Crippen LogP contribution in [-0.2, 0) is 4.79 Å². The molecular formula is C13H24N2O. The highest BCUT2D eigenvalue weighted by Gasteiger charge is 2.28. The molecule has 0 aromatic heterocycles. The van der Waals surface area contributed by atoms with Crippen molar-refractivity contribution in [2.45, 2.75) is 39.0 Å². The third-order valence-electron chi connectivity index (χ3n) is 4.15. The molecule has 92 valence electrons. The summed E-state index contributed by atoms with van der Waals surface area (Å²) in [6, 6.07) is 0. The van der Waals surface area contributed by atoms with E-state index in [2.05, 4.69) is 17.1 Å². The number of piperidine rings is 2. The van der Waals surface area contributed by atoms with E-state index >= 15 is 0 Å². The van der Waals surface area contributed by atoms with E-state index < -0.39 is 0 Å². The second kappa shape index (κ2) is 5.67. The number of nitrogens with one attached hydrogen (secondary N) is 1. The molecule has 3 nitrogen and oxygen atoms in total. The molecule has 2 heterocycles. The van der Waals surface area contributed by atoms with E-state index in [1.165, 1.54) is 19.3 Å². The van der Waals surface area contributed by atoms with Crippen molar-refractivity contribution in [3.8, 4) is 0 Å². The van der Waals surface area contributed by atoms with Gasteiger partial charge in [-0.05, 0) is 38.1 Å². The van der Waals surface area contributed by atoms with Crippen molar-refractivity contribution in [1.82, 2.24) is 10.2 Å². The van der Waals surface area contributed by atoms with Gasteiger partial charge in [0.2, 0.25) is 5.91 Å². The van der Waals surface area contributed by atoms with Gasteiger partial charge < -0.3 is 10.2 Å². The maximum absolute atomic E-state index is 12.2. The molecule has 2 aliphatic rings. The van der Waals surface area contributed by atoms with Crippen molar-refractivity contribution in [1.29, 1.82) is 0 Å². The minimum atomic E-state index is 0.256. The molecular weight excluding hydrogens is 200 g/mol. The van der Waals surface area contributed by atoms with Crippen LogP contribution in [0.2, 0.25) is 0 Å². The van der Waals surface area contributed by atoms with E-state index in [-0.39, 0.29) is 5.92 Å². The Hall–Kier alpha value is -0.570. The Morgan fingerprint density at radius 3 is 2.62 bits per heavy atom. The number of nitrogens with zero attached hydrogens (tertiary/aromatic N) is 1. The summed E-state index contributed by atoms with van der Waals surface area (Å²) in [6.07, 6.45) is 5.93. The van der Waals surface area contributed by atoms with Gasteiger partial charge in [-0.2, -0.15) is 0 Å². The highest BCUT2D eigenvalue weighted by Crippen LogP contribution is 2.22. The van der Waals surface area contributed by atoms with Gasteiger partial charge in [-0.15, -0.1) is 0 Å². The van der Waals surface area contributed by atoms with E-state index in [1.807, 2.05) is 0 Å². The summed E-state index contributed by atoms with van der Waals surface area (Å²) in [4.78, 5) is 14.3. The van der Waals surface area contributed by atoms with Crippen LogP contribution in [0.15, 0.2) is 0 Å².